The van der Waals surface area contributed by atoms with Gasteiger partial charge in [-0.15, -0.1) is 19.7 Å². The van der Waals surface area contributed by atoms with Crippen LogP contribution in [-0.2, 0) is 19.0 Å². The molecule has 5 heteroatoms. The molecule has 0 heterocycles. The zero-order valence-electron chi connectivity index (χ0n) is 9.05. The van der Waals surface area contributed by atoms with Crippen LogP contribution in [0.5, 0.6) is 0 Å². The van der Waals surface area contributed by atoms with E-state index in [1.807, 2.05) is 0 Å². The Bertz CT molecular complexity index is 228. The van der Waals surface area contributed by atoms with Crippen LogP contribution >= 0.6 is 0 Å². The minimum Gasteiger partial charge on any atom is -0.475 e. The summed E-state index contributed by atoms with van der Waals surface area (Å²) < 4.78 is 15.0. The number of carboxylic acids is 1. The first-order valence-electron chi connectivity index (χ1n) is 4.61. The zero-order valence-corrected chi connectivity index (χ0v) is 9.05. The first kappa shape index (κ1) is 14.6. The van der Waals surface area contributed by atoms with Crippen molar-refractivity contribution in [1.82, 2.24) is 0 Å². The average molecular weight is 228 g/mol. The van der Waals surface area contributed by atoms with Gasteiger partial charge in [-0.25, -0.2) is 4.79 Å². The first-order chi connectivity index (χ1) is 7.63. The molecule has 16 heavy (non-hydrogen) atoms. The van der Waals surface area contributed by atoms with Gasteiger partial charge in [-0.05, 0) is 0 Å². The molecule has 5 nitrogen and oxygen atoms in total. The standard InChI is InChI=1S/C11H16O5/c1-4-7-14-11(10(12)13,15-8-5-2)16-9-6-3/h4-6H,1-3,7-9H2,(H,12,13). The van der Waals surface area contributed by atoms with Gasteiger partial charge in [0.2, 0.25) is 0 Å². The number of hydrogen-bond acceptors (Lipinski definition) is 4. The van der Waals surface area contributed by atoms with E-state index in [1.54, 1.807) is 0 Å². The molecule has 0 radical (unpaired) electrons. The number of carboxylic acid groups (broad SMARTS) is 1. The Balaban J connectivity index is 4.70. The maximum absolute atomic E-state index is 11.1. The summed E-state index contributed by atoms with van der Waals surface area (Å²) >= 11 is 0. The Morgan fingerprint density at radius 1 is 1.00 bits per heavy atom. The summed E-state index contributed by atoms with van der Waals surface area (Å²) in [6.45, 7) is 10.2. The fourth-order valence-corrected chi connectivity index (χ4v) is 0.816. The summed E-state index contributed by atoms with van der Waals surface area (Å²) in [6.07, 6.45) is 4.19. The molecular formula is C11H16O5. The third-order valence-electron chi connectivity index (χ3n) is 1.44. The zero-order chi connectivity index (χ0) is 12.4. The number of ether oxygens (including phenoxy) is 3. The normalized spacial score (nSPS) is 10.8. The van der Waals surface area contributed by atoms with Crippen molar-refractivity contribution in [1.29, 1.82) is 0 Å². The van der Waals surface area contributed by atoms with Crippen molar-refractivity contribution >= 4 is 5.97 Å². The van der Waals surface area contributed by atoms with E-state index in [9.17, 15) is 4.79 Å². The van der Waals surface area contributed by atoms with Crippen molar-refractivity contribution < 1.29 is 24.1 Å². The van der Waals surface area contributed by atoms with Crippen LogP contribution in [0.1, 0.15) is 0 Å². The maximum Gasteiger partial charge on any atom is 0.395 e. The summed E-state index contributed by atoms with van der Waals surface area (Å²) in [4.78, 5) is 11.1. The minimum absolute atomic E-state index is 0.0133. The lowest BCUT2D eigenvalue weighted by Crippen LogP contribution is -2.47. The van der Waals surface area contributed by atoms with Gasteiger partial charge in [0, 0.05) is 0 Å². The molecule has 0 saturated carbocycles. The van der Waals surface area contributed by atoms with Crippen LogP contribution in [0.3, 0.4) is 0 Å². The number of hydrogen-bond donors (Lipinski definition) is 1. The Hall–Kier alpha value is -1.43. The van der Waals surface area contributed by atoms with E-state index < -0.39 is 11.9 Å². The first-order valence-corrected chi connectivity index (χ1v) is 4.61. The highest BCUT2D eigenvalue weighted by Gasteiger charge is 2.42. The lowest BCUT2D eigenvalue weighted by atomic mass is 10.5. The van der Waals surface area contributed by atoms with Crippen molar-refractivity contribution in [2.24, 2.45) is 0 Å². The summed E-state index contributed by atoms with van der Waals surface area (Å²) in [5, 5.41) is 9.03. The number of aliphatic carboxylic acids is 1. The average Bonchev–Trinajstić information content (AvgIpc) is 2.28. The molecule has 0 aromatic carbocycles. The molecule has 0 aliphatic heterocycles. The summed E-state index contributed by atoms with van der Waals surface area (Å²) in [5.41, 5.74) is 0. The predicted octanol–water partition coefficient (Wildman–Crippen LogP) is 1.33. The SMILES string of the molecule is C=CCOC(OCC=C)(OCC=C)C(=O)O. The van der Waals surface area contributed by atoms with E-state index in [2.05, 4.69) is 19.7 Å². The second-order valence-corrected chi connectivity index (χ2v) is 2.66. The largest absolute Gasteiger partial charge is 0.475 e. The van der Waals surface area contributed by atoms with Crippen molar-refractivity contribution in [2.45, 2.75) is 5.97 Å². The smallest absolute Gasteiger partial charge is 0.395 e. The van der Waals surface area contributed by atoms with E-state index >= 15 is 0 Å². The van der Waals surface area contributed by atoms with Gasteiger partial charge in [-0.2, -0.15) is 0 Å². The molecule has 0 saturated heterocycles. The second kappa shape index (κ2) is 7.81. The van der Waals surface area contributed by atoms with Gasteiger partial charge >= 0.3 is 11.9 Å². The Morgan fingerprint density at radius 3 is 1.50 bits per heavy atom. The molecule has 90 valence electrons. The summed E-state index contributed by atoms with van der Waals surface area (Å²) in [6, 6.07) is 0. The number of carbonyl (C=O) groups is 1. The van der Waals surface area contributed by atoms with Crippen LogP contribution < -0.4 is 0 Å². The highest BCUT2D eigenvalue weighted by Crippen LogP contribution is 2.16. The Labute approximate surface area is 94.6 Å². The van der Waals surface area contributed by atoms with Crippen LogP contribution in [0.2, 0.25) is 0 Å². The molecule has 0 aliphatic carbocycles. The third kappa shape index (κ3) is 4.39. The van der Waals surface area contributed by atoms with Crippen LogP contribution in [-0.4, -0.2) is 36.9 Å². The Morgan fingerprint density at radius 2 is 1.31 bits per heavy atom. The molecule has 0 aliphatic rings. The fourth-order valence-electron chi connectivity index (χ4n) is 0.816. The van der Waals surface area contributed by atoms with Crippen molar-refractivity contribution in [2.75, 3.05) is 19.8 Å². The van der Waals surface area contributed by atoms with Gasteiger partial charge in [0.15, 0.2) is 0 Å². The predicted molar refractivity (Wildman–Crippen MR) is 58.8 cm³/mol. The molecule has 0 atom stereocenters. The molecule has 0 rings (SSSR count). The van der Waals surface area contributed by atoms with Gasteiger partial charge in [-0.1, -0.05) is 18.2 Å². The molecule has 0 amide bonds. The molecule has 0 spiro atoms. The highest BCUT2D eigenvalue weighted by molar-refractivity contribution is 5.74. The van der Waals surface area contributed by atoms with Gasteiger partial charge in [0.1, 0.15) is 0 Å². The quantitative estimate of drug-likeness (QED) is 0.451. The molecule has 0 bridgehead atoms. The van der Waals surface area contributed by atoms with Crippen LogP contribution in [0.15, 0.2) is 38.0 Å². The van der Waals surface area contributed by atoms with E-state index in [-0.39, 0.29) is 19.8 Å². The summed E-state index contributed by atoms with van der Waals surface area (Å²) in [7, 11) is 0. The van der Waals surface area contributed by atoms with Gasteiger partial charge in [-0.3, -0.25) is 0 Å². The topological polar surface area (TPSA) is 65.0 Å². The lowest BCUT2D eigenvalue weighted by molar-refractivity contribution is -0.353. The van der Waals surface area contributed by atoms with Crippen LogP contribution in [0.4, 0.5) is 0 Å². The van der Waals surface area contributed by atoms with Crippen molar-refractivity contribution in [3.05, 3.63) is 38.0 Å². The van der Waals surface area contributed by atoms with E-state index in [1.165, 1.54) is 18.2 Å². The van der Waals surface area contributed by atoms with E-state index in [0.717, 1.165) is 0 Å². The fraction of sp³-hybridized carbons (Fsp3) is 0.364. The van der Waals surface area contributed by atoms with Gasteiger partial charge in [0.05, 0.1) is 19.8 Å². The summed E-state index contributed by atoms with van der Waals surface area (Å²) in [5.74, 6) is -3.52. The molecular weight excluding hydrogens is 212 g/mol. The maximum atomic E-state index is 11.1. The molecule has 0 unspecified atom stereocenters. The van der Waals surface area contributed by atoms with Crippen molar-refractivity contribution in [3.8, 4) is 0 Å². The van der Waals surface area contributed by atoms with E-state index in [0.29, 0.717) is 0 Å². The van der Waals surface area contributed by atoms with Crippen LogP contribution in [0, 0.1) is 0 Å². The molecule has 0 fully saturated rings. The minimum atomic E-state index is -2.14. The van der Waals surface area contributed by atoms with Gasteiger partial charge in [0.25, 0.3) is 0 Å². The third-order valence-corrected chi connectivity index (χ3v) is 1.44. The molecule has 0 aromatic rings. The Kier molecular flexibility index (Phi) is 7.11. The molecule has 0 aromatic heterocycles. The van der Waals surface area contributed by atoms with Crippen LogP contribution in [0.25, 0.3) is 0 Å². The van der Waals surface area contributed by atoms with Gasteiger partial charge < -0.3 is 19.3 Å². The lowest BCUT2D eigenvalue weighted by Gasteiger charge is -2.27. The van der Waals surface area contributed by atoms with E-state index in [4.69, 9.17) is 19.3 Å². The molecule has 1 N–H and O–H groups in total. The monoisotopic (exact) mass is 228 g/mol. The number of rotatable bonds is 10. The highest BCUT2D eigenvalue weighted by atomic mass is 16.9. The second-order valence-electron chi connectivity index (χ2n) is 2.66. The van der Waals surface area contributed by atoms with Crippen molar-refractivity contribution in [3.63, 3.8) is 0 Å².